The van der Waals surface area contributed by atoms with Gasteiger partial charge in [0, 0.05) is 31.7 Å². The van der Waals surface area contributed by atoms with E-state index in [0.717, 1.165) is 18.9 Å². The quantitative estimate of drug-likeness (QED) is 0.874. The van der Waals surface area contributed by atoms with Crippen molar-refractivity contribution in [2.24, 2.45) is 5.92 Å². The second-order valence-corrected chi connectivity index (χ2v) is 6.04. The standard InChI is InChI=1S/C16H24N2/c1-13-10-17-16(9-14-5-3-2-4-6-14)12-18(13)11-15-7-8-15/h2-6,13,15-17H,7-12H2,1H3. The maximum absolute atomic E-state index is 3.70. The number of hydrogen-bond acceptors (Lipinski definition) is 2. The molecule has 2 fully saturated rings. The summed E-state index contributed by atoms with van der Waals surface area (Å²) in [7, 11) is 0. The summed E-state index contributed by atoms with van der Waals surface area (Å²) in [6.07, 6.45) is 4.08. The Bertz CT molecular complexity index is 372. The lowest BCUT2D eigenvalue weighted by atomic mass is 10.0. The van der Waals surface area contributed by atoms with E-state index in [0.29, 0.717) is 12.1 Å². The number of nitrogens with one attached hydrogen (secondary N) is 1. The molecular weight excluding hydrogens is 220 g/mol. The summed E-state index contributed by atoms with van der Waals surface area (Å²) < 4.78 is 0. The highest BCUT2D eigenvalue weighted by molar-refractivity contribution is 5.16. The summed E-state index contributed by atoms with van der Waals surface area (Å²) in [6, 6.07) is 12.2. The van der Waals surface area contributed by atoms with Gasteiger partial charge in [0.2, 0.25) is 0 Å². The summed E-state index contributed by atoms with van der Waals surface area (Å²) >= 11 is 0. The highest BCUT2D eigenvalue weighted by atomic mass is 15.2. The van der Waals surface area contributed by atoms with Crippen molar-refractivity contribution in [3.63, 3.8) is 0 Å². The van der Waals surface area contributed by atoms with E-state index in [1.807, 2.05) is 0 Å². The lowest BCUT2D eigenvalue weighted by Gasteiger charge is -2.39. The molecule has 0 spiro atoms. The Labute approximate surface area is 110 Å². The molecule has 0 bridgehead atoms. The van der Waals surface area contributed by atoms with Gasteiger partial charge < -0.3 is 5.32 Å². The number of hydrogen-bond donors (Lipinski definition) is 1. The van der Waals surface area contributed by atoms with Crippen molar-refractivity contribution in [3.8, 4) is 0 Å². The minimum absolute atomic E-state index is 0.627. The van der Waals surface area contributed by atoms with Crippen LogP contribution in [0.3, 0.4) is 0 Å². The predicted octanol–water partition coefficient (Wildman–Crippen LogP) is 2.30. The van der Waals surface area contributed by atoms with E-state index in [4.69, 9.17) is 0 Å². The largest absolute Gasteiger partial charge is 0.311 e. The van der Waals surface area contributed by atoms with Crippen LogP contribution in [-0.2, 0) is 6.42 Å². The monoisotopic (exact) mass is 244 g/mol. The third-order valence-electron chi connectivity index (χ3n) is 4.29. The molecular formula is C16H24N2. The van der Waals surface area contributed by atoms with Gasteiger partial charge in [0.25, 0.3) is 0 Å². The molecule has 0 radical (unpaired) electrons. The topological polar surface area (TPSA) is 15.3 Å². The van der Waals surface area contributed by atoms with E-state index in [1.165, 1.54) is 31.5 Å². The van der Waals surface area contributed by atoms with Gasteiger partial charge in [-0.3, -0.25) is 4.90 Å². The van der Waals surface area contributed by atoms with Crippen LogP contribution in [0.4, 0.5) is 0 Å². The Balaban J connectivity index is 1.56. The summed E-state index contributed by atoms with van der Waals surface area (Å²) in [5.41, 5.74) is 1.45. The zero-order chi connectivity index (χ0) is 12.4. The van der Waals surface area contributed by atoms with Crippen LogP contribution in [0.15, 0.2) is 30.3 Å². The molecule has 1 aromatic carbocycles. The van der Waals surface area contributed by atoms with Crippen molar-refractivity contribution in [2.45, 2.75) is 38.3 Å². The highest BCUT2D eigenvalue weighted by Crippen LogP contribution is 2.30. The molecule has 1 aliphatic heterocycles. The molecule has 2 unspecified atom stereocenters. The third kappa shape index (κ3) is 3.12. The van der Waals surface area contributed by atoms with Crippen molar-refractivity contribution < 1.29 is 0 Å². The number of benzene rings is 1. The third-order valence-corrected chi connectivity index (χ3v) is 4.29. The minimum Gasteiger partial charge on any atom is -0.311 e. The van der Waals surface area contributed by atoms with Crippen LogP contribution in [-0.4, -0.2) is 36.6 Å². The molecule has 2 nitrogen and oxygen atoms in total. The first-order chi connectivity index (χ1) is 8.81. The predicted molar refractivity (Wildman–Crippen MR) is 75.7 cm³/mol. The van der Waals surface area contributed by atoms with Gasteiger partial charge in [-0.15, -0.1) is 0 Å². The molecule has 1 saturated carbocycles. The van der Waals surface area contributed by atoms with Crippen LogP contribution in [0, 0.1) is 5.92 Å². The summed E-state index contributed by atoms with van der Waals surface area (Å²) in [5.74, 6) is 1.00. The molecule has 2 heteroatoms. The molecule has 98 valence electrons. The Kier molecular flexibility index (Phi) is 3.67. The van der Waals surface area contributed by atoms with Gasteiger partial charge in [-0.25, -0.2) is 0 Å². The lowest BCUT2D eigenvalue weighted by Crippen LogP contribution is -2.56. The van der Waals surface area contributed by atoms with Gasteiger partial charge in [-0.2, -0.15) is 0 Å². The zero-order valence-electron chi connectivity index (χ0n) is 11.3. The second kappa shape index (κ2) is 5.41. The van der Waals surface area contributed by atoms with Crippen molar-refractivity contribution in [1.82, 2.24) is 10.2 Å². The van der Waals surface area contributed by atoms with Crippen LogP contribution < -0.4 is 5.32 Å². The summed E-state index contributed by atoms with van der Waals surface area (Å²) in [5, 5.41) is 3.70. The molecule has 2 aliphatic rings. The average Bonchev–Trinajstić information content (AvgIpc) is 3.19. The summed E-state index contributed by atoms with van der Waals surface area (Å²) in [4.78, 5) is 2.70. The van der Waals surface area contributed by atoms with Gasteiger partial charge >= 0.3 is 0 Å². The molecule has 0 amide bonds. The molecule has 0 aromatic heterocycles. The smallest absolute Gasteiger partial charge is 0.0236 e. The van der Waals surface area contributed by atoms with E-state index in [1.54, 1.807) is 0 Å². The van der Waals surface area contributed by atoms with Crippen LogP contribution in [0.1, 0.15) is 25.3 Å². The first kappa shape index (κ1) is 12.2. The Morgan fingerprint density at radius 3 is 2.72 bits per heavy atom. The van der Waals surface area contributed by atoms with Crippen molar-refractivity contribution in [2.75, 3.05) is 19.6 Å². The number of nitrogens with zero attached hydrogens (tertiary/aromatic N) is 1. The normalized spacial score (nSPS) is 29.4. The first-order valence-corrected chi connectivity index (χ1v) is 7.32. The minimum atomic E-state index is 0.627. The summed E-state index contributed by atoms with van der Waals surface area (Å²) in [6.45, 7) is 6.04. The van der Waals surface area contributed by atoms with E-state index in [-0.39, 0.29) is 0 Å². The van der Waals surface area contributed by atoms with E-state index in [9.17, 15) is 0 Å². The van der Waals surface area contributed by atoms with Gasteiger partial charge in [0.05, 0.1) is 0 Å². The fourth-order valence-electron chi connectivity index (χ4n) is 2.92. The van der Waals surface area contributed by atoms with E-state index < -0.39 is 0 Å². The molecule has 1 heterocycles. The molecule has 1 aromatic rings. The van der Waals surface area contributed by atoms with Crippen molar-refractivity contribution >= 4 is 0 Å². The number of piperazine rings is 1. The second-order valence-electron chi connectivity index (χ2n) is 6.04. The maximum atomic E-state index is 3.70. The SMILES string of the molecule is CC1CNC(Cc2ccccc2)CN1CC1CC1. The van der Waals surface area contributed by atoms with Crippen LogP contribution in [0.5, 0.6) is 0 Å². The first-order valence-electron chi connectivity index (χ1n) is 7.32. The Hall–Kier alpha value is -0.860. The van der Waals surface area contributed by atoms with Crippen LogP contribution in [0.2, 0.25) is 0 Å². The lowest BCUT2D eigenvalue weighted by molar-refractivity contribution is 0.135. The van der Waals surface area contributed by atoms with Gasteiger partial charge in [-0.1, -0.05) is 30.3 Å². The Morgan fingerprint density at radius 1 is 1.22 bits per heavy atom. The highest BCUT2D eigenvalue weighted by Gasteiger charge is 2.30. The number of rotatable bonds is 4. The maximum Gasteiger partial charge on any atom is 0.0236 e. The van der Waals surface area contributed by atoms with Gasteiger partial charge in [-0.05, 0) is 37.7 Å². The fraction of sp³-hybridized carbons (Fsp3) is 0.625. The van der Waals surface area contributed by atoms with Gasteiger partial charge in [0.1, 0.15) is 0 Å². The molecule has 1 saturated heterocycles. The van der Waals surface area contributed by atoms with Crippen molar-refractivity contribution in [3.05, 3.63) is 35.9 Å². The molecule has 1 N–H and O–H groups in total. The Morgan fingerprint density at radius 2 is 2.00 bits per heavy atom. The average molecular weight is 244 g/mol. The molecule has 18 heavy (non-hydrogen) atoms. The zero-order valence-corrected chi connectivity index (χ0v) is 11.3. The van der Waals surface area contributed by atoms with Crippen molar-refractivity contribution in [1.29, 1.82) is 0 Å². The van der Waals surface area contributed by atoms with E-state index in [2.05, 4.69) is 47.5 Å². The van der Waals surface area contributed by atoms with E-state index >= 15 is 0 Å². The van der Waals surface area contributed by atoms with Crippen LogP contribution >= 0.6 is 0 Å². The molecule has 2 atom stereocenters. The molecule has 1 aliphatic carbocycles. The molecule has 3 rings (SSSR count). The van der Waals surface area contributed by atoms with Gasteiger partial charge in [0.15, 0.2) is 0 Å². The fourth-order valence-corrected chi connectivity index (χ4v) is 2.92. The van der Waals surface area contributed by atoms with Crippen LogP contribution in [0.25, 0.3) is 0 Å².